The lowest BCUT2D eigenvalue weighted by Crippen LogP contribution is -2.41. The van der Waals surface area contributed by atoms with Crippen LogP contribution in [0.1, 0.15) is 11.1 Å². The molecule has 0 saturated carbocycles. The summed E-state index contributed by atoms with van der Waals surface area (Å²) in [7, 11) is 0. The molecule has 2 aromatic carbocycles. The number of para-hydroxylation sites is 1. The molecule has 1 heterocycles. The number of hydrogen-bond acceptors (Lipinski definition) is 4. The fourth-order valence-corrected chi connectivity index (χ4v) is 2.86. The minimum absolute atomic E-state index is 0.235. The number of carbonyl (C=O) groups excluding carboxylic acids is 2. The van der Waals surface area contributed by atoms with Gasteiger partial charge in [-0.25, -0.2) is 4.79 Å². The Bertz CT molecular complexity index is 1070. The topological polar surface area (TPSA) is 129 Å². The summed E-state index contributed by atoms with van der Waals surface area (Å²) in [4.78, 5) is 38.2. The van der Waals surface area contributed by atoms with E-state index in [2.05, 4.69) is 20.9 Å². The van der Waals surface area contributed by atoms with Gasteiger partial charge >= 0.3 is 6.03 Å². The first kappa shape index (κ1) is 20.8. The van der Waals surface area contributed by atoms with Gasteiger partial charge in [0.1, 0.15) is 0 Å². The number of urea groups is 1. The minimum atomic E-state index is -0.773. The van der Waals surface area contributed by atoms with Gasteiger partial charge in [-0.2, -0.15) is 0 Å². The lowest BCUT2D eigenvalue weighted by Gasteiger charge is -2.13. The second-order valence-electron chi connectivity index (χ2n) is 6.74. The zero-order chi connectivity index (χ0) is 21.3. The molecule has 0 aliphatic rings. The van der Waals surface area contributed by atoms with Crippen LogP contribution < -0.4 is 27.2 Å². The molecule has 154 valence electrons. The van der Waals surface area contributed by atoms with Crippen molar-refractivity contribution in [3.63, 3.8) is 0 Å². The number of nitrogens with two attached hydrogens (primary N) is 1. The zero-order valence-corrected chi connectivity index (χ0v) is 16.2. The molecule has 8 heteroatoms. The number of benzene rings is 2. The fourth-order valence-electron chi connectivity index (χ4n) is 2.86. The third kappa shape index (κ3) is 6.32. The van der Waals surface area contributed by atoms with Crippen molar-refractivity contribution in [3.05, 3.63) is 94.4 Å². The van der Waals surface area contributed by atoms with Crippen LogP contribution >= 0.6 is 0 Å². The molecule has 3 amide bonds. The highest BCUT2D eigenvalue weighted by Gasteiger charge is 2.14. The third-order valence-electron chi connectivity index (χ3n) is 4.32. The van der Waals surface area contributed by atoms with E-state index >= 15 is 0 Å². The summed E-state index contributed by atoms with van der Waals surface area (Å²) in [5.74, 6) is -0.324. The predicted molar refractivity (Wildman–Crippen MR) is 116 cm³/mol. The maximum absolute atomic E-state index is 12.3. The van der Waals surface area contributed by atoms with Crippen LogP contribution in [0.5, 0.6) is 0 Å². The number of pyridine rings is 1. The number of amides is 3. The number of carbonyl (C=O) groups is 2. The maximum atomic E-state index is 12.3. The van der Waals surface area contributed by atoms with Crippen LogP contribution in [0.4, 0.5) is 16.2 Å². The molecule has 3 aromatic rings. The van der Waals surface area contributed by atoms with Gasteiger partial charge in [-0.05, 0) is 47.9 Å². The molecule has 8 nitrogen and oxygen atoms in total. The minimum Gasteiger partial charge on any atom is -0.351 e. The van der Waals surface area contributed by atoms with E-state index in [1.165, 1.54) is 12.3 Å². The van der Waals surface area contributed by atoms with Crippen LogP contribution in [0, 0.1) is 0 Å². The van der Waals surface area contributed by atoms with Crippen LogP contribution in [-0.2, 0) is 17.8 Å². The average molecular weight is 405 g/mol. The van der Waals surface area contributed by atoms with Crippen molar-refractivity contribution in [2.75, 3.05) is 10.6 Å². The number of nitrogens with one attached hydrogen (secondary N) is 4. The van der Waals surface area contributed by atoms with Crippen molar-refractivity contribution < 1.29 is 9.59 Å². The smallest absolute Gasteiger partial charge is 0.323 e. The van der Waals surface area contributed by atoms with E-state index in [0.29, 0.717) is 16.9 Å². The highest BCUT2D eigenvalue weighted by atomic mass is 16.2. The molecule has 0 fully saturated rings. The molecule has 1 unspecified atom stereocenters. The molecular formula is C22H23N5O3. The van der Waals surface area contributed by atoms with Crippen molar-refractivity contribution in [3.8, 4) is 0 Å². The van der Waals surface area contributed by atoms with Crippen molar-refractivity contribution in [2.45, 2.75) is 19.0 Å². The van der Waals surface area contributed by atoms with Gasteiger partial charge < -0.3 is 26.7 Å². The molecule has 0 spiro atoms. The molecule has 30 heavy (non-hydrogen) atoms. The quantitative estimate of drug-likeness (QED) is 0.413. The van der Waals surface area contributed by atoms with Gasteiger partial charge in [-0.3, -0.25) is 9.59 Å². The van der Waals surface area contributed by atoms with Crippen LogP contribution in [-0.4, -0.2) is 23.0 Å². The molecular weight excluding hydrogens is 382 g/mol. The molecule has 0 saturated heterocycles. The normalized spacial score (nSPS) is 11.4. The number of anilines is 2. The standard InChI is InChI=1S/C22H23N5O3/c23-19(12-15-9-10-24-20(28)13-15)21(29)25-14-16-5-4-8-18(11-16)27-22(30)26-17-6-2-1-3-7-17/h1-11,13,19H,12,14,23H2,(H,24,28)(H,25,29)(H2,26,27,30). The van der Waals surface area contributed by atoms with Gasteiger partial charge in [-0.15, -0.1) is 0 Å². The summed E-state index contributed by atoms with van der Waals surface area (Å²) in [6.45, 7) is 0.262. The van der Waals surface area contributed by atoms with Crippen molar-refractivity contribution in [1.29, 1.82) is 0 Å². The van der Waals surface area contributed by atoms with E-state index in [1.54, 1.807) is 36.4 Å². The van der Waals surface area contributed by atoms with Crippen LogP contribution in [0.25, 0.3) is 0 Å². The van der Waals surface area contributed by atoms with E-state index < -0.39 is 6.04 Å². The first-order valence-electron chi connectivity index (χ1n) is 9.42. The second kappa shape index (κ2) is 10.0. The lowest BCUT2D eigenvalue weighted by molar-refractivity contribution is -0.122. The van der Waals surface area contributed by atoms with E-state index in [4.69, 9.17) is 5.73 Å². The molecule has 3 rings (SSSR count). The van der Waals surface area contributed by atoms with E-state index in [0.717, 1.165) is 5.56 Å². The monoisotopic (exact) mass is 405 g/mol. The first-order chi connectivity index (χ1) is 14.5. The molecule has 0 aliphatic carbocycles. The Balaban J connectivity index is 1.51. The summed E-state index contributed by atoms with van der Waals surface area (Å²) >= 11 is 0. The Morgan fingerprint density at radius 2 is 1.63 bits per heavy atom. The van der Waals surface area contributed by atoms with E-state index in [1.807, 2.05) is 24.3 Å². The lowest BCUT2D eigenvalue weighted by atomic mass is 10.1. The number of H-pyrrole nitrogens is 1. The van der Waals surface area contributed by atoms with Gasteiger partial charge in [0.25, 0.3) is 0 Å². The highest BCUT2D eigenvalue weighted by Crippen LogP contribution is 2.12. The number of rotatable bonds is 7. The van der Waals surface area contributed by atoms with Gasteiger partial charge in [0.15, 0.2) is 0 Å². The Hall–Kier alpha value is -3.91. The fraction of sp³-hybridized carbons (Fsp3) is 0.136. The summed E-state index contributed by atoms with van der Waals surface area (Å²) in [6.07, 6.45) is 1.78. The van der Waals surface area contributed by atoms with Crippen molar-refractivity contribution >= 4 is 23.3 Å². The SMILES string of the molecule is NC(Cc1cc[nH]c(=O)c1)C(=O)NCc1cccc(NC(=O)Nc2ccccc2)c1. The Kier molecular flexibility index (Phi) is 6.96. The van der Waals surface area contributed by atoms with Crippen molar-refractivity contribution in [1.82, 2.24) is 10.3 Å². The van der Waals surface area contributed by atoms with E-state index in [9.17, 15) is 14.4 Å². The first-order valence-corrected chi connectivity index (χ1v) is 9.42. The summed E-state index contributed by atoms with van der Waals surface area (Å²) in [5, 5.41) is 8.28. The summed E-state index contributed by atoms with van der Waals surface area (Å²) < 4.78 is 0. The molecule has 0 bridgehead atoms. The summed E-state index contributed by atoms with van der Waals surface area (Å²) in [5.41, 5.74) is 8.50. The zero-order valence-electron chi connectivity index (χ0n) is 16.2. The number of hydrogen-bond donors (Lipinski definition) is 5. The number of aromatic amines is 1. The average Bonchev–Trinajstić information content (AvgIpc) is 2.73. The van der Waals surface area contributed by atoms with Gasteiger partial charge in [0.05, 0.1) is 6.04 Å². The van der Waals surface area contributed by atoms with Crippen molar-refractivity contribution in [2.24, 2.45) is 5.73 Å². The molecule has 1 aromatic heterocycles. The number of aromatic nitrogens is 1. The summed E-state index contributed by atoms with van der Waals surface area (Å²) in [6, 6.07) is 18.3. The largest absolute Gasteiger partial charge is 0.351 e. The highest BCUT2D eigenvalue weighted by molar-refractivity contribution is 5.99. The molecule has 6 N–H and O–H groups in total. The van der Waals surface area contributed by atoms with Gasteiger partial charge in [-0.1, -0.05) is 30.3 Å². The Labute approximate surface area is 173 Å². The Morgan fingerprint density at radius 3 is 2.40 bits per heavy atom. The molecule has 0 aliphatic heterocycles. The predicted octanol–water partition coefficient (Wildman–Crippen LogP) is 2.21. The van der Waals surface area contributed by atoms with Crippen LogP contribution in [0.15, 0.2) is 77.7 Å². The van der Waals surface area contributed by atoms with Crippen LogP contribution in [0.3, 0.4) is 0 Å². The van der Waals surface area contributed by atoms with Gasteiger partial charge in [0.2, 0.25) is 11.5 Å². The molecule has 1 atom stereocenters. The van der Waals surface area contributed by atoms with Crippen LogP contribution in [0.2, 0.25) is 0 Å². The third-order valence-corrected chi connectivity index (χ3v) is 4.32. The van der Waals surface area contributed by atoms with Gasteiger partial charge in [0, 0.05) is 30.2 Å². The molecule has 0 radical (unpaired) electrons. The van der Waals surface area contributed by atoms with E-state index in [-0.39, 0.29) is 30.5 Å². The second-order valence-corrected chi connectivity index (χ2v) is 6.74. The Morgan fingerprint density at radius 1 is 0.900 bits per heavy atom. The maximum Gasteiger partial charge on any atom is 0.323 e.